The average Bonchev–Trinajstić information content (AvgIpc) is 3.23. The number of hydrogen-bond acceptors (Lipinski definition) is 4. The summed E-state index contributed by atoms with van der Waals surface area (Å²) in [6.07, 6.45) is 0.746. The molecule has 0 radical (unpaired) electrons. The lowest BCUT2D eigenvalue weighted by Crippen LogP contribution is -2.32. The van der Waals surface area contributed by atoms with Gasteiger partial charge in [-0.15, -0.1) is 11.8 Å². The van der Waals surface area contributed by atoms with Crippen LogP contribution in [0, 0.1) is 0 Å². The average molecular weight is 487 g/mol. The molecular formula is C24H21F3N4O2S. The first-order valence-corrected chi connectivity index (χ1v) is 11.8. The zero-order valence-electron chi connectivity index (χ0n) is 18.0. The van der Waals surface area contributed by atoms with E-state index >= 15 is 0 Å². The van der Waals surface area contributed by atoms with Gasteiger partial charge in [0.1, 0.15) is 5.82 Å². The Kier molecular flexibility index (Phi) is 5.85. The number of carbonyl (C=O) groups excluding carboxylic acids is 2. The number of fused-ring (bicyclic) bond motifs is 2. The van der Waals surface area contributed by atoms with Crippen molar-refractivity contribution in [1.29, 1.82) is 0 Å². The van der Waals surface area contributed by atoms with Gasteiger partial charge < -0.3 is 15.2 Å². The van der Waals surface area contributed by atoms with Crippen molar-refractivity contribution >= 4 is 35.0 Å². The number of halogens is 3. The Bertz CT molecular complexity index is 1230. The Labute approximate surface area is 197 Å². The summed E-state index contributed by atoms with van der Waals surface area (Å²) in [6.45, 7) is 0.983. The third-order valence-electron chi connectivity index (χ3n) is 5.87. The number of rotatable bonds is 4. The molecule has 0 unspecified atom stereocenters. The Hall–Kier alpha value is -3.27. The summed E-state index contributed by atoms with van der Waals surface area (Å²) in [6, 6.07) is 10.6. The summed E-state index contributed by atoms with van der Waals surface area (Å²) in [5.41, 5.74) is 1.73. The van der Waals surface area contributed by atoms with Crippen LogP contribution in [0.15, 0.2) is 53.6 Å². The van der Waals surface area contributed by atoms with Crippen molar-refractivity contribution < 1.29 is 22.8 Å². The SMILES string of the molecule is O=C(C[C@@H]1Sc2ccc(C(F)(F)F)cc2NC1=O)Nc1ccc(-c2cn3c(n2)CCCC3)cc1. The van der Waals surface area contributed by atoms with E-state index in [0.717, 1.165) is 66.8 Å². The zero-order chi connectivity index (χ0) is 23.9. The predicted molar refractivity (Wildman–Crippen MR) is 124 cm³/mol. The van der Waals surface area contributed by atoms with E-state index in [9.17, 15) is 22.8 Å². The standard InChI is InChI=1S/C24H21F3N4O2S/c25-24(26,27)15-6-9-19-17(11-15)30-23(33)20(34-19)12-22(32)28-16-7-4-14(5-8-16)18-13-31-10-2-1-3-21(31)29-18/h4-9,11,13,20H,1-3,10,12H2,(H,28,32)(H,30,33)/t20-/m0/s1. The van der Waals surface area contributed by atoms with E-state index in [0.29, 0.717) is 10.6 Å². The number of nitrogens with one attached hydrogen (secondary N) is 2. The molecule has 0 saturated heterocycles. The molecule has 3 aromatic rings. The van der Waals surface area contributed by atoms with Crippen molar-refractivity contribution in [1.82, 2.24) is 9.55 Å². The second kappa shape index (κ2) is 8.83. The summed E-state index contributed by atoms with van der Waals surface area (Å²) < 4.78 is 40.9. The number of nitrogens with zero attached hydrogens (tertiary/aromatic N) is 2. The molecule has 0 fully saturated rings. The van der Waals surface area contributed by atoms with Crippen molar-refractivity contribution in [2.75, 3.05) is 10.6 Å². The lowest BCUT2D eigenvalue weighted by molar-refractivity contribution is -0.137. The number of aromatic nitrogens is 2. The van der Waals surface area contributed by atoms with Crippen molar-refractivity contribution in [2.45, 2.75) is 48.5 Å². The molecule has 0 bridgehead atoms. The van der Waals surface area contributed by atoms with Crippen LogP contribution < -0.4 is 10.6 Å². The maximum Gasteiger partial charge on any atom is 0.416 e. The Morgan fingerprint density at radius 3 is 2.71 bits per heavy atom. The van der Waals surface area contributed by atoms with Gasteiger partial charge in [-0.1, -0.05) is 12.1 Å². The van der Waals surface area contributed by atoms with Crippen LogP contribution in [0.3, 0.4) is 0 Å². The Morgan fingerprint density at radius 1 is 1.18 bits per heavy atom. The van der Waals surface area contributed by atoms with Crippen LogP contribution in [0.4, 0.5) is 24.5 Å². The normalized spacial score (nSPS) is 17.5. The number of hydrogen-bond donors (Lipinski definition) is 2. The monoisotopic (exact) mass is 486 g/mol. The fourth-order valence-corrected chi connectivity index (χ4v) is 5.21. The van der Waals surface area contributed by atoms with Crippen molar-refractivity contribution in [3.8, 4) is 11.3 Å². The van der Waals surface area contributed by atoms with Gasteiger partial charge in [-0.25, -0.2) is 4.98 Å². The molecule has 1 aromatic heterocycles. The van der Waals surface area contributed by atoms with Gasteiger partial charge in [-0.2, -0.15) is 13.2 Å². The van der Waals surface area contributed by atoms with Gasteiger partial charge in [0.2, 0.25) is 11.8 Å². The van der Waals surface area contributed by atoms with E-state index in [1.807, 2.05) is 12.1 Å². The molecular weight excluding hydrogens is 465 g/mol. The number of thioether (sulfide) groups is 1. The highest BCUT2D eigenvalue weighted by Crippen LogP contribution is 2.40. The summed E-state index contributed by atoms with van der Waals surface area (Å²) in [5, 5.41) is 4.54. The van der Waals surface area contributed by atoms with E-state index in [1.54, 1.807) is 12.1 Å². The fourth-order valence-electron chi connectivity index (χ4n) is 4.12. The van der Waals surface area contributed by atoms with Crippen LogP contribution >= 0.6 is 11.8 Å². The first-order chi connectivity index (χ1) is 16.3. The second-order valence-corrected chi connectivity index (χ2v) is 9.57. The molecule has 176 valence electrons. The van der Waals surface area contributed by atoms with Crippen LogP contribution in [0.5, 0.6) is 0 Å². The van der Waals surface area contributed by atoms with E-state index in [-0.39, 0.29) is 18.0 Å². The largest absolute Gasteiger partial charge is 0.416 e. The van der Waals surface area contributed by atoms with Crippen LogP contribution in [0.2, 0.25) is 0 Å². The van der Waals surface area contributed by atoms with E-state index in [1.165, 1.54) is 6.07 Å². The third kappa shape index (κ3) is 4.68. The van der Waals surface area contributed by atoms with E-state index in [2.05, 4.69) is 21.4 Å². The molecule has 34 heavy (non-hydrogen) atoms. The highest BCUT2D eigenvalue weighted by molar-refractivity contribution is 8.01. The zero-order valence-corrected chi connectivity index (χ0v) is 18.8. The number of benzene rings is 2. The number of aryl methyl sites for hydroxylation is 2. The molecule has 2 aliphatic heterocycles. The van der Waals surface area contributed by atoms with Crippen LogP contribution in [-0.2, 0) is 28.7 Å². The van der Waals surface area contributed by atoms with Crippen LogP contribution in [-0.4, -0.2) is 26.6 Å². The van der Waals surface area contributed by atoms with E-state index in [4.69, 9.17) is 4.98 Å². The van der Waals surface area contributed by atoms with E-state index < -0.39 is 22.9 Å². The number of amides is 2. The highest BCUT2D eigenvalue weighted by atomic mass is 32.2. The number of alkyl halides is 3. The van der Waals surface area contributed by atoms with Crippen molar-refractivity contribution in [3.05, 3.63) is 60.0 Å². The second-order valence-electron chi connectivity index (χ2n) is 8.33. The summed E-state index contributed by atoms with van der Waals surface area (Å²) >= 11 is 1.09. The van der Waals surface area contributed by atoms with Crippen molar-refractivity contribution in [2.24, 2.45) is 0 Å². The van der Waals surface area contributed by atoms with Gasteiger partial charge in [0.25, 0.3) is 0 Å². The van der Waals surface area contributed by atoms with Crippen molar-refractivity contribution in [3.63, 3.8) is 0 Å². The topological polar surface area (TPSA) is 76.0 Å². The molecule has 1 atom stereocenters. The molecule has 0 saturated carbocycles. The molecule has 2 amide bonds. The van der Waals surface area contributed by atoms with Gasteiger partial charge in [-0.3, -0.25) is 9.59 Å². The number of carbonyl (C=O) groups is 2. The quantitative estimate of drug-likeness (QED) is 0.522. The first kappa shape index (κ1) is 22.5. The fraction of sp³-hybridized carbons (Fsp3) is 0.292. The minimum absolute atomic E-state index is 0.105. The molecule has 0 spiro atoms. The summed E-state index contributed by atoms with van der Waals surface area (Å²) in [4.78, 5) is 30.1. The Morgan fingerprint density at radius 2 is 1.97 bits per heavy atom. The minimum atomic E-state index is -4.49. The first-order valence-electron chi connectivity index (χ1n) is 10.9. The van der Waals surface area contributed by atoms with Gasteiger partial charge in [0.05, 0.1) is 22.2 Å². The molecule has 10 heteroatoms. The highest BCUT2D eigenvalue weighted by Gasteiger charge is 2.34. The van der Waals surface area contributed by atoms with Gasteiger partial charge >= 0.3 is 6.18 Å². The van der Waals surface area contributed by atoms with Gasteiger partial charge in [0.15, 0.2) is 0 Å². The van der Waals surface area contributed by atoms with Gasteiger partial charge in [0, 0.05) is 41.7 Å². The molecule has 0 aliphatic carbocycles. The summed E-state index contributed by atoms with van der Waals surface area (Å²) in [5.74, 6) is 0.248. The minimum Gasteiger partial charge on any atom is -0.334 e. The maximum absolute atomic E-state index is 12.9. The molecule has 2 aliphatic rings. The number of imidazole rings is 1. The lowest BCUT2D eigenvalue weighted by Gasteiger charge is -2.24. The molecule has 6 nitrogen and oxygen atoms in total. The third-order valence-corrected chi connectivity index (χ3v) is 7.15. The van der Waals surface area contributed by atoms with Crippen LogP contribution in [0.25, 0.3) is 11.3 Å². The maximum atomic E-state index is 12.9. The van der Waals surface area contributed by atoms with Crippen LogP contribution in [0.1, 0.15) is 30.7 Å². The molecule has 2 N–H and O–H groups in total. The lowest BCUT2D eigenvalue weighted by atomic mass is 10.1. The molecule has 2 aromatic carbocycles. The summed E-state index contributed by atoms with van der Waals surface area (Å²) in [7, 11) is 0. The Balaban J connectivity index is 1.21. The van der Waals surface area contributed by atoms with Gasteiger partial charge in [-0.05, 0) is 43.2 Å². The molecule has 3 heterocycles. The smallest absolute Gasteiger partial charge is 0.334 e. The molecule has 5 rings (SSSR count). The number of anilines is 2. The predicted octanol–water partition coefficient (Wildman–Crippen LogP) is 5.35.